The van der Waals surface area contributed by atoms with Gasteiger partial charge in [0.25, 0.3) is 0 Å². The fourth-order valence-corrected chi connectivity index (χ4v) is 4.03. The van der Waals surface area contributed by atoms with Crippen molar-refractivity contribution in [2.24, 2.45) is 5.92 Å². The van der Waals surface area contributed by atoms with Crippen LogP contribution in [0.2, 0.25) is 0 Å². The van der Waals surface area contributed by atoms with E-state index < -0.39 is 0 Å². The Morgan fingerprint density at radius 1 is 1.12 bits per heavy atom. The van der Waals surface area contributed by atoms with E-state index in [1.807, 2.05) is 0 Å². The summed E-state index contributed by atoms with van der Waals surface area (Å²) in [7, 11) is 0. The predicted molar refractivity (Wildman–Crippen MR) is 94.0 cm³/mol. The number of hydrogen-bond donors (Lipinski definition) is 1. The van der Waals surface area contributed by atoms with Gasteiger partial charge in [-0.2, -0.15) is 0 Å². The topological polar surface area (TPSA) is 32.3 Å². The van der Waals surface area contributed by atoms with Gasteiger partial charge >= 0.3 is 0 Å². The molecule has 1 aliphatic carbocycles. The normalized spacial score (nSPS) is 21.8. The Labute approximate surface area is 144 Å². The summed E-state index contributed by atoms with van der Waals surface area (Å²) < 4.78 is 13.1. The molecule has 1 unspecified atom stereocenters. The summed E-state index contributed by atoms with van der Waals surface area (Å²) in [6, 6.07) is 6.95. The number of nitrogens with one attached hydrogen (secondary N) is 1. The van der Waals surface area contributed by atoms with Crippen molar-refractivity contribution in [2.45, 2.75) is 64.0 Å². The molecule has 2 aliphatic rings. The van der Waals surface area contributed by atoms with Crippen molar-refractivity contribution in [1.29, 1.82) is 0 Å². The van der Waals surface area contributed by atoms with Gasteiger partial charge in [0.2, 0.25) is 5.91 Å². The Hall–Kier alpha value is -1.42. The van der Waals surface area contributed by atoms with Crippen LogP contribution in [0.25, 0.3) is 0 Å². The quantitative estimate of drug-likeness (QED) is 0.857. The number of carbonyl (C=O) groups excluding carboxylic acids is 1. The summed E-state index contributed by atoms with van der Waals surface area (Å²) in [5.41, 5.74) is 1.03. The Balaban J connectivity index is 1.63. The van der Waals surface area contributed by atoms with Crippen molar-refractivity contribution in [2.75, 3.05) is 13.1 Å². The van der Waals surface area contributed by atoms with Crippen LogP contribution in [0.3, 0.4) is 0 Å². The number of nitrogens with zero attached hydrogens (tertiary/aromatic N) is 1. The molecule has 0 spiro atoms. The van der Waals surface area contributed by atoms with E-state index in [1.165, 1.54) is 37.8 Å². The fraction of sp³-hybridized carbons (Fsp3) is 0.650. The lowest BCUT2D eigenvalue weighted by atomic mass is 9.93. The van der Waals surface area contributed by atoms with Crippen LogP contribution in [0.15, 0.2) is 24.3 Å². The standard InChI is InChI=1S/C20H29FN2O/c21-18-9-6-17(7-10-18)15-23(19-4-2-1-3-5-19)20(24)11-8-16-12-13-22-14-16/h6-7,9-10,16,19,22H,1-5,8,11-15H2. The lowest BCUT2D eigenvalue weighted by Gasteiger charge is -2.35. The summed E-state index contributed by atoms with van der Waals surface area (Å²) >= 11 is 0. The minimum absolute atomic E-state index is 0.219. The maximum absolute atomic E-state index is 13.1. The van der Waals surface area contributed by atoms with Crippen LogP contribution in [0.4, 0.5) is 4.39 Å². The summed E-state index contributed by atoms with van der Waals surface area (Å²) in [5.74, 6) is 0.703. The van der Waals surface area contributed by atoms with E-state index in [1.54, 1.807) is 12.1 Å². The maximum atomic E-state index is 13.1. The molecule has 1 aromatic carbocycles. The van der Waals surface area contributed by atoms with Gasteiger partial charge in [-0.05, 0) is 62.4 Å². The third-order valence-corrected chi connectivity index (χ3v) is 5.53. The molecule has 1 aliphatic heterocycles. The molecule has 0 radical (unpaired) electrons. The molecule has 1 saturated heterocycles. The molecule has 1 saturated carbocycles. The minimum atomic E-state index is -0.219. The number of amides is 1. The van der Waals surface area contributed by atoms with Crippen LogP contribution in [0.5, 0.6) is 0 Å². The molecule has 4 heteroatoms. The van der Waals surface area contributed by atoms with Gasteiger partial charge in [-0.1, -0.05) is 31.4 Å². The molecule has 1 N–H and O–H groups in total. The molecule has 0 bridgehead atoms. The van der Waals surface area contributed by atoms with Crippen LogP contribution in [0, 0.1) is 11.7 Å². The lowest BCUT2D eigenvalue weighted by molar-refractivity contribution is -0.135. The molecule has 132 valence electrons. The molecule has 1 aromatic rings. The molecule has 1 amide bonds. The molecule has 2 fully saturated rings. The first kappa shape index (κ1) is 17.4. The van der Waals surface area contributed by atoms with Gasteiger partial charge in [-0.3, -0.25) is 4.79 Å². The first-order valence-electron chi connectivity index (χ1n) is 9.47. The smallest absolute Gasteiger partial charge is 0.223 e. The van der Waals surface area contributed by atoms with Gasteiger partial charge in [0, 0.05) is 19.0 Å². The number of hydrogen-bond acceptors (Lipinski definition) is 2. The molecule has 0 aromatic heterocycles. The first-order chi connectivity index (χ1) is 11.7. The largest absolute Gasteiger partial charge is 0.335 e. The highest BCUT2D eigenvalue weighted by Crippen LogP contribution is 2.26. The molecule has 24 heavy (non-hydrogen) atoms. The Bertz CT molecular complexity index is 519. The van der Waals surface area contributed by atoms with Gasteiger partial charge in [0.15, 0.2) is 0 Å². The van der Waals surface area contributed by atoms with E-state index >= 15 is 0 Å². The number of rotatable bonds is 6. The van der Waals surface area contributed by atoms with E-state index in [-0.39, 0.29) is 11.7 Å². The van der Waals surface area contributed by atoms with Crippen molar-refractivity contribution in [1.82, 2.24) is 10.2 Å². The van der Waals surface area contributed by atoms with E-state index in [4.69, 9.17) is 0 Å². The van der Waals surface area contributed by atoms with Gasteiger partial charge in [0.1, 0.15) is 5.82 Å². The molecular weight excluding hydrogens is 303 g/mol. The van der Waals surface area contributed by atoms with Gasteiger partial charge < -0.3 is 10.2 Å². The number of benzene rings is 1. The van der Waals surface area contributed by atoms with Crippen molar-refractivity contribution < 1.29 is 9.18 Å². The summed E-state index contributed by atoms with van der Waals surface area (Å²) in [5, 5.41) is 3.37. The van der Waals surface area contributed by atoms with Gasteiger partial charge in [-0.15, -0.1) is 0 Å². The lowest BCUT2D eigenvalue weighted by Crippen LogP contribution is -2.41. The zero-order chi connectivity index (χ0) is 16.8. The SMILES string of the molecule is O=C(CCC1CCNC1)N(Cc1ccc(F)cc1)C1CCCCC1. The number of carbonyl (C=O) groups is 1. The number of halogens is 1. The van der Waals surface area contributed by atoms with Crippen LogP contribution >= 0.6 is 0 Å². The molecule has 1 atom stereocenters. The third kappa shape index (κ3) is 4.79. The highest BCUT2D eigenvalue weighted by atomic mass is 19.1. The Morgan fingerprint density at radius 2 is 1.88 bits per heavy atom. The van der Waals surface area contributed by atoms with Gasteiger partial charge in [-0.25, -0.2) is 4.39 Å². The second kappa shape index (κ2) is 8.61. The summed E-state index contributed by atoms with van der Waals surface area (Å²) in [6.45, 7) is 2.75. The van der Waals surface area contributed by atoms with Crippen molar-refractivity contribution in [3.05, 3.63) is 35.6 Å². The Kier molecular flexibility index (Phi) is 6.24. The average Bonchev–Trinajstić information content (AvgIpc) is 3.13. The van der Waals surface area contributed by atoms with E-state index in [0.29, 0.717) is 24.9 Å². The molecular formula is C20H29FN2O. The second-order valence-electron chi connectivity index (χ2n) is 7.34. The third-order valence-electron chi connectivity index (χ3n) is 5.53. The summed E-state index contributed by atoms with van der Waals surface area (Å²) in [6.07, 6.45) is 8.74. The van der Waals surface area contributed by atoms with E-state index in [0.717, 1.165) is 37.9 Å². The van der Waals surface area contributed by atoms with Crippen LogP contribution in [-0.2, 0) is 11.3 Å². The first-order valence-corrected chi connectivity index (χ1v) is 9.47. The van der Waals surface area contributed by atoms with E-state index in [2.05, 4.69) is 10.2 Å². The fourth-order valence-electron chi connectivity index (χ4n) is 4.03. The summed E-state index contributed by atoms with van der Waals surface area (Å²) in [4.78, 5) is 15.0. The Morgan fingerprint density at radius 3 is 2.54 bits per heavy atom. The second-order valence-corrected chi connectivity index (χ2v) is 7.34. The molecule has 3 nitrogen and oxygen atoms in total. The van der Waals surface area contributed by atoms with Crippen molar-refractivity contribution in [3.8, 4) is 0 Å². The van der Waals surface area contributed by atoms with Crippen molar-refractivity contribution in [3.63, 3.8) is 0 Å². The highest BCUT2D eigenvalue weighted by molar-refractivity contribution is 5.76. The molecule has 1 heterocycles. The minimum Gasteiger partial charge on any atom is -0.335 e. The zero-order valence-corrected chi connectivity index (χ0v) is 14.5. The highest BCUT2D eigenvalue weighted by Gasteiger charge is 2.26. The monoisotopic (exact) mass is 332 g/mol. The predicted octanol–water partition coefficient (Wildman–Crippen LogP) is 3.88. The van der Waals surface area contributed by atoms with Gasteiger partial charge in [0.05, 0.1) is 0 Å². The van der Waals surface area contributed by atoms with Crippen LogP contribution < -0.4 is 5.32 Å². The van der Waals surface area contributed by atoms with Crippen LogP contribution in [-0.4, -0.2) is 29.9 Å². The molecule has 3 rings (SSSR count). The average molecular weight is 332 g/mol. The van der Waals surface area contributed by atoms with Crippen molar-refractivity contribution >= 4 is 5.91 Å². The van der Waals surface area contributed by atoms with E-state index in [9.17, 15) is 9.18 Å². The van der Waals surface area contributed by atoms with Crippen LogP contribution in [0.1, 0.15) is 56.9 Å². The zero-order valence-electron chi connectivity index (χ0n) is 14.5. The maximum Gasteiger partial charge on any atom is 0.223 e.